The topological polar surface area (TPSA) is 77.6 Å². The number of nitrogen functional groups attached to an aromatic ring is 1. The van der Waals surface area contributed by atoms with E-state index >= 15 is 0 Å². The number of hydrogen-bond donors (Lipinski definition) is 1. The Hall–Kier alpha value is -2.53. The molecule has 0 saturated heterocycles. The van der Waals surface area contributed by atoms with E-state index in [0.29, 0.717) is 22.1 Å². The number of aromatic nitrogens is 4. The van der Waals surface area contributed by atoms with Crippen LogP contribution in [0, 0.1) is 6.92 Å². The van der Waals surface area contributed by atoms with Crippen molar-refractivity contribution < 1.29 is 0 Å². The Bertz CT molecular complexity index is 769. The first kappa shape index (κ1) is 13.5. The number of nitrogens with zero attached hydrogens (tertiary/aromatic N) is 4. The van der Waals surface area contributed by atoms with Crippen LogP contribution in [-0.2, 0) is 0 Å². The summed E-state index contributed by atoms with van der Waals surface area (Å²) in [6.07, 6.45) is 1.70. The molecular weight excluding hydrogens is 286 g/mol. The van der Waals surface area contributed by atoms with Gasteiger partial charge in [0.15, 0.2) is 0 Å². The van der Waals surface area contributed by atoms with Gasteiger partial charge in [0.25, 0.3) is 0 Å². The smallest absolute Gasteiger partial charge is 0.240 e. The van der Waals surface area contributed by atoms with Crippen LogP contribution in [0.4, 0.5) is 5.95 Å². The Kier molecular flexibility index (Phi) is 3.50. The molecule has 3 rings (SSSR count). The molecule has 0 aliphatic heterocycles. The van der Waals surface area contributed by atoms with Crippen LogP contribution < -0.4 is 5.73 Å². The van der Waals surface area contributed by atoms with Crippen molar-refractivity contribution in [2.75, 3.05) is 5.73 Å². The van der Waals surface area contributed by atoms with Gasteiger partial charge in [-0.15, -0.1) is 10.2 Å². The van der Waals surface area contributed by atoms with Gasteiger partial charge < -0.3 is 5.73 Å². The van der Waals surface area contributed by atoms with Crippen LogP contribution >= 0.6 is 11.6 Å². The number of rotatable bonds is 2. The SMILES string of the molecule is Cc1cc(Cl)cc(-c2nnc(N)nc2-c2ccccn2)c1. The van der Waals surface area contributed by atoms with Gasteiger partial charge in [0.1, 0.15) is 11.4 Å². The number of pyridine rings is 1. The van der Waals surface area contributed by atoms with Crippen LogP contribution in [0.1, 0.15) is 5.56 Å². The minimum Gasteiger partial charge on any atom is -0.366 e. The summed E-state index contributed by atoms with van der Waals surface area (Å²) in [5.74, 6) is 0.109. The highest BCUT2D eigenvalue weighted by Gasteiger charge is 2.14. The molecule has 0 aliphatic carbocycles. The third-order valence-electron chi connectivity index (χ3n) is 2.93. The Balaban J connectivity index is 2.23. The molecule has 1 aromatic carbocycles. The molecule has 0 radical (unpaired) electrons. The summed E-state index contributed by atoms with van der Waals surface area (Å²) in [4.78, 5) is 8.58. The number of benzene rings is 1. The van der Waals surface area contributed by atoms with Crippen molar-refractivity contribution in [3.63, 3.8) is 0 Å². The minimum atomic E-state index is 0.109. The molecule has 2 heterocycles. The van der Waals surface area contributed by atoms with E-state index in [-0.39, 0.29) is 5.95 Å². The molecular formula is C15H12ClN5. The molecule has 3 aromatic rings. The third kappa shape index (κ3) is 2.83. The summed E-state index contributed by atoms with van der Waals surface area (Å²) in [6.45, 7) is 1.97. The molecule has 0 aliphatic rings. The number of nitrogens with two attached hydrogens (primary N) is 1. The molecule has 0 fully saturated rings. The molecule has 21 heavy (non-hydrogen) atoms. The van der Waals surface area contributed by atoms with Crippen LogP contribution in [0.25, 0.3) is 22.6 Å². The summed E-state index contributed by atoms with van der Waals surface area (Å²) in [6, 6.07) is 11.2. The average molecular weight is 298 g/mol. The van der Waals surface area contributed by atoms with E-state index in [1.165, 1.54) is 0 Å². The van der Waals surface area contributed by atoms with E-state index in [0.717, 1.165) is 11.1 Å². The lowest BCUT2D eigenvalue weighted by Gasteiger charge is -2.08. The highest BCUT2D eigenvalue weighted by molar-refractivity contribution is 6.31. The van der Waals surface area contributed by atoms with Gasteiger partial charge in [-0.25, -0.2) is 4.98 Å². The second kappa shape index (κ2) is 5.46. The van der Waals surface area contributed by atoms with E-state index in [2.05, 4.69) is 20.2 Å². The summed E-state index contributed by atoms with van der Waals surface area (Å²) < 4.78 is 0. The predicted molar refractivity (Wildman–Crippen MR) is 82.7 cm³/mol. The summed E-state index contributed by atoms with van der Waals surface area (Å²) in [5.41, 5.74) is 9.41. The number of aryl methyl sites for hydroxylation is 1. The number of anilines is 1. The van der Waals surface area contributed by atoms with Crippen molar-refractivity contribution in [3.8, 4) is 22.6 Å². The fourth-order valence-corrected chi connectivity index (χ4v) is 2.38. The molecule has 0 spiro atoms. The van der Waals surface area contributed by atoms with E-state index in [9.17, 15) is 0 Å². The van der Waals surface area contributed by atoms with E-state index in [1.54, 1.807) is 6.20 Å². The molecule has 2 N–H and O–H groups in total. The van der Waals surface area contributed by atoms with E-state index in [1.807, 2.05) is 43.3 Å². The average Bonchev–Trinajstić information content (AvgIpc) is 2.47. The van der Waals surface area contributed by atoms with Crippen molar-refractivity contribution in [1.82, 2.24) is 20.2 Å². The first-order valence-corrected chi connectivity index (χ1v) is 6.70. The van der Waals surface area contributed by atoms with E-state index in [4.69, 9.17) is 17.3 Å². The zero-order chi connectivity index (χ0) is 14.8. The first-order chi connectivity index (χ1) is 10.1. The van der Waals surface area contributed by atoms with Crippen molar-refractivity contribution in [3.05, 3.63) is 53.2 Å². The van der Waals surface area contributed by atoms with Gasteiger partial charge in [0.2, 0.25) is 5.95 Å². The quantitative estimate of drug-likeness (QED) is 0.786. The molecule has 0 amide bonds. The lowest BCUT2D eigenvalue weighted by Crippen LogP contribution is -2.03. The normalized spacial score (nSPS) is 10.6. The Morgan fingerprint density at radius 2 is 1.90 bits per heavy atom. The largest absolute Gasteiger partial charge is 0.366 e. The second-order valence-corrected chi connectivity index (χ2v) is 5.04. The van der Waals surface area contributed by atoms with Crippen LogP contribution in [0.5, 0.6) is 0 Å². The van der Waals surface area contributed by atoms with Gasteiger partial charge in [-0.2, -0.15) is 0 Å². The van der Waals surface area contributed by atoms with Gasteiger partial charge in [-0.05, 0) is 42.8 Å². The number of hydrogen-bond acceptors (Lipinski definition) is 5. The third-order valence-corrected chi connectivity index (χ3v) is 3.14. The zero-order valence-corrected chi connectivity index (χ0v) is 12.0. The molecule has 0 unspecified atom stereocenters. The van der Waals surface area contributed by atoms with Gasteiger partial charge in [0, 0.05) is 16.8 Å². The summed E-state index contributed by atoms with van der Waals surface area (Å²) >= 11 is 6.12. The highest BCUT2D eigenvalue weighted by Crippen LogP contribution is 2.29. The summed E-state index contributed by atoms with van der Waals surface area (Å²) in [5, 5.41) is 8.65. The molecule has 2 aromatic heterocycles. The lowest BCUT2D eigenvalue weighted by molar-refractivity contribution is 0.993. The molecule has 0 bridgehead atoms. The minimum absolute atomic E-state index is 0.109. The van der Waals surface area contributed by atoms with Gasteiger partial charge in [0.05, 0.1) is 5.69 Å². The van der Waals surface area contributed by atoms with Crippen LogP contribution in [0.2, 0.25) is 5.02 Å². The van der Waals surface area contributed by atoms with Crippen molar-refractivity contribution in [2.24, 2.45) is 0 Å². The van der Waals surface area contributed by atoms with Gasteiger partial charge in [-0.3, -0.25) is 4.98 Å². The Morgan fingerprint density at radius 3 is 2.62 bits per heavy atom. The van der Waals surface area contributed by atoms with Crippen LogP contribution in [-0.4, -0.2) is 20.2 Å². The maximum absolute atomic E-state index is 6.12. The lowest BCUT2D eigenvalue weighted by atomic mass is 10.1. The van der Waals surface area contributed by atoms with Crippen molar-refractivity contribution >= 4 is 17.5 Å². The van der Waals surface area contributed by atoms with Crippen LogP contribution in [0.3, 0.4) is 0 Å². The standard InChI is InChI=1S/C15H12ClN5/c1-9-6-10(8-11(16)7-9)13-14(19-15(17)21-20-13)12-4-2-3-5-18-12/h2-8H,1H3,(H2,17,19,21). The molecule has 6 heteroatoms. The van der Waals surface area contributed by atoms with Gasteiger partial charge in [-0.1, -0.05) is 17.7 Å². The predicted octanol–water partition coefficient (Wildman–Crippen LogP) is 3.14. The molecule has 5 nitrogen and oxygen atoms in total. The Morgan fingerprint density at radius 1 is 1.05 bits per heavy atom. The van der Waals surface area contributed by atoms with Crippen molar-refractivity contribution in [2.45, 2.75) is 6.92 Å². The van der Waals surface area contributed by atoms with Crippen molar-refractivity contribution in [1.29, 1.82) is 0 Å². The van der Waals surface area contributed by atoms with Crippen LogP contribution in [0.15, 0.2) is 42.6 Å². The zero-order valence-electron chi connectivity index (χ0n) is 11.3. The molecule has 104 valence electrons. The highest BCUT2D eigenvalue weighted by atomic mass is 35.5. The number of halogens is 1. The second-order valence-electron chi connectivity index (χ2n) is 4.60. The fourth-order valence-electron chi connectivity index (χ4n) is 2.09. The Labute approximate surface area is 126 Å². The maximum Gasteiger partial charge on any atom is 0.240 e. The molecule has 0 saturated carbocycles. The summed E-state index contributed by atoms with van der Waals surface area (Å²) in [7, 11) is 0. The maximum atomic E-state index is 6.12. The van der Waals surface area contributed by atoms with E-state index < -0.39 is 0 Å². The van der Waals surface area contributed by atoms with Gasteiger partial charge >= 0.3 is 0 Å². The fraction of sp³-hybridized carbons (Fsp3) is 0.0667. The first-order valence-electron chi connectivity index (χ1n) is 6.32. The monoisotopic (exact) mass is 297 g/mol. The molecule has 0 atom stereocenters.